The zero-order chi connectivity index (χ0) is 29.7. The van der Waals surface area contributed by atoms with Gasteiger partial charge in [-0.1, -0.05) is 24.8 Å². The Hall–Kier alpha value is -3.39. The quantitative estimate of drug-likeness (QED) is 0.121. The molecule has 0 radical (unpaired) electrons. The van der Waals surface area contributed by atoms with E-state index in [4.69, 9.17) is 18.9 Å². The Kier molecular flexibility index (Phi) is 10.1. The number of carbonyl (C=O) groups excluding carboxylic acids is 3. The van der Waals surface area contributed by atoms with Crippen molar-refractivity contribution >= 4 is 18.2 Å². The lowest BCUT2D eigenvalue weighted by Crippen LogP contribution is -2.60. The lowest BCUT2D eigenvalue weighted by Gasteiger charge is -2.41. The van der Waals surface area contributed by atoms with E-state index in [0.717, 1.165) is 0 Å². The van der Waals surface area contributed by atoms with Gasteiger partial charge in [0.15, 0.2) is 12.4 Å². The van der Waals surface area contributed by atoms with Crippen LogP contribution in [-0.2, 0) is 39.8 Å². The van der Waals surface area contributed by atoms with E-state index in [2.05, 4.69) is 6.58 Å². The third-order valence-corrected chi connectivity index (χ3v) is 7.35. The molecule has 0 unspecified atom stereocenters. The molecule has 12 nitrogen and oxygen atoms in total. The Labute approximate surface area is 236 Å². The molecule has 0 aromatic heterocycles. The second-order valence-corrected chi connectivity index (χ2v) is 10.3. The van der Waals surface area contributed by atoms with Crippen LogP contribution in [0.2, 0.25) is 0 Å². The van der Waals surface area contributed by atoms with Gasteiger partial charge in [0, 0.05) is 12.0 Å². The maximum Gasteiger partial charge on any atom is 0.334 e. The van der Waals surface area contributed by atoms with Crippen LogP contribution in [0.3, 0.4) is 0 Å². The first-order valence-corrected chi connectivity index (χ1v) is 13.2. The zero-order valence-corrected chi connectivity index (χ0v) is 22.2. The summed E-state index contributed by atoms with van der Waals surface area (Å²) in [5.74, 6) is -2.18. The number of phenols is 1. The number of aliphatic hydroxyl groups is 4. The number of phenolic OH excluding ortho intramolecular Hbond substituents is 1. The smallest absolute Gasteiger partial charge is 0.334 e. The molecular formula is C29H34O12. The van der Waals surface area contributed by atoms with Crippen LogP contribution in [0.4, 0.5) is 0 Å². The van der Waals surface area contributed by atoms with Gasteiger partial charge in [0.1, 0.15) is 36.5 Å². The van der Waals surface area contributed by atoms with Gasteiger partial charge in [0.2, 0.25) is 0 Å². The van der Waals surface area contributed by atoms with Gasteiger partial charge in [-0.05, 0) is 47.8 Å². The molecule has 8 atom stereocenters. The molecule has 1 aromatic carbocycles. The molecule has 2 aliphatic heterocycles. The predicted molar refractivity (Wildman–Crippen MR) is 140 cm³/mol. The van der Waals surface area contributed by atoms with E-state index in [1.165, 1.54) is 24.3 Å². The van der Waals surface area contributed by atoms with Gasteiger partial charge in [0.05, 0.1) is 31.7 Å². The molecule has 2 heterocycles. The fraction of sp³-hybridized carbons (Fsp3) is 0.483. The minimum atomic E-state index is -1.65. The zero-order valence-electron chi connectivity index (χ0n) is 22.2. The van der Waals surface area contributed by atoms with Crippen LogP contribution in [0.15, 0.2) is 59.7 Å². The number of fused-ring (bicyclic) bond motifs is 1. The van der Waals surface area contributed by atoms with Crippen molar-refractivity contribution in [2.45, 2.75) is 68.6 Å². The van der Waals surface area contributed by atoms with Gasteiger partial charge < -0.3 is 44.5 Å². The molecule has 0 spiro atoms. The molecule has 0 saturated carbocycles. The number of benzene rings is 1. The summed E-state index contributed by atoms with van der Waals surface area (Å²) in [6, 6.07) is 5.87. The summed E-state index contributed by atoms with van der Waals surface area (Å²) in [4.78, 5) is 36.4. The number of aldehydes is 1. The van der Waals surface area contributed by atoms with Crippen LogP contribution in [0, 0.1) is 5.92 Å². The van der Waals surface area contributed by atoms with Crippen LogP contribution in [0.25, 0.3) is 0 Å². The number of rotatable bonds is 8. The van der Waals surface area contributed by atoms with Crippen molar-refractivity contribution in [3.8, 4) is 5.75 Å². The molecule has 222 valence electrons. The lowest BCUT2D eigenvalue weighted by atomic mass is 9.85. The Morgan fingerprint density at radius 2 is 1.88 bits per heavy atom. The minimum absolute atomic E-state index is 0.0232. The summed E-state index contributed by atoms with van der Waals surface area (Å²) in [6.45, 7) is 2.93. The van der Waals surface area contributed by atoms with Crippen LogP contribution < -0.4 is 0 Å². The third-order valence-electron chi connectivity index (χ3n) is 7.35. The van der Waals surface area contributed by atoms with Crippen LogP contribution in [0.5, 0.6) is 5.75 Å². The normalized spacial score (nSPS) is 34.8. The highest BCUT2D eigenvalue weighted by Gasteiger charge is 2.47. The summed E-state index contributed by atoms with van der Waals surface area (Å²) in [6.07, 6.45) is -4.69. The number of hydrogen-bond acceptors (Lipinski definition) is 12. The first-order chi connectivity index (χ1) is 19.6. The molecular weight excluding hydrogens is 540 g/mol. The molecule has 2 saturated heterocycles. The fourth-order valence-electron chi connectivity index (χ4n) is 5.10. The Balaban J connectivity index is 1.52. The third kappa shape index (κ3) is 7.28. The summed E-state index contributed by atoms with van der Waals surface area (Å²) >= 11 is 0. The predicted octanol–water partition coefficient (Wildman–Crippen LogP) is -0.00360. The molecule has 1 aliphatic carbocycles. The maximum atomic E-state index is 12.7. The fourth-order valence-corrected chi connectivity index (χ4v) is 5.10. The van der Waals surface area contributed by atoms with E-state index in [-0.39, 0.29) is 30.8 Å². The summed E-state index contributed by atoms with van der Waals surface area (Å²) in [7, 11) is 0. The molecule has 0 amide bonds. The van der Waals surface area contributed by atoms with Gasteiger partial charge in [-0.15, -0.1) is 0 Å². The maximum absolute atomic E-state index is 12.7. The minimum Gasteiger partial charge on any atom is -0.508 e. The van der Waals surface area contributed by atoms with Crippen molar-refractivity contribution in [2.24, 2.45) is 5.92 Å². The summed E-state index contributed by atoms with van der Waals surface area (Å²) in [5, 5.41) is 51.0. The second-order valence-electron chi connectivity index (χ2n) is 10.3. The average molecular weight is 575 g/mol. The number of carbonyl (C=O) groups is 3. The summed E-state index contributed by atoms with van der Waals surface area (Å²) in [5.41, 5.74) is 1.58. The number of aliphatic hydroxyl groups excluding tert-OH is 4. The first-order valence-electron chi connectivity index (χ1n) is 13.2. The van der Waals surface area contributed by atoms with Crippen LogP contribution in [-0.4, -0.2) is 99.9 Å². The van der Waals surface area contributed by atoms with E-state index in [0.29, 0.717) is 35.8 Å². The number of allylic oxidation sites excluding steroid dienone is 1. The van der Waals surface area contributed by atoms with Gasteiger partial charge in [0.25, 0.3) is 0 Å². The molecule has 41 heavy (non-hydrogen) atoms. The van der Waals surface area contributed by atoms with Crippen LogP contribution >= 0.6 is 0 Å². The molecule has 4 rings (SSSR count). The van der Waals surface area contributed by atoms with E-state index >= 15 is 0 Å². The molecule has 2 fully saturated rings. The van der Waals surface area contributed by atoms with Gasteiger partial charge in [-0.3, -0.25) is 9.59 Å². The van der Waals surface area contributed by atoms with Crippen molar-refractivity contribution in [2.75, 3.05) is 13.2 Å². The topological polar surface area (TPSA) is 189 Å². The van der Waals surface area contributed by atoms with Gasteiger partial charge >= 0.3 is 11.9 Å². The highest BCUT2D eigenvalue weighted by Crippen LogP contribution is 2.35. The van der Waals surface area contributed by atoms with Crippen molar-refractivity contribution in [1.82, 2.24) is 0 Å². The summed E-state index contributed by atoms with van der Waals surface area (Å²) < 4.78 is 22.4. The SMILES string of the molecule is C=C1C(=O)O[C@@H]2/C=C(\CO[C@@H]3O[C@H](CO)[C@@H](O)[C@H](O)[C@H]3OC(=O)Cc3ccc(O)cc3)CC/C=C(/C=O)C[C@H](O)[C@@H]12. The van der Waals surface area contributed by atoms with Crippen molar-refractivity contribution in [1.29, 1.82) is 0 Å². The van der Waals surface area contributed by atoms with Gasteiger partial charge in [-0.25, -0.2) is 4.79 Å². The second kappa shape index (κ2) is 13.5. The molecule has 12 heteroatoms. The number of aromatic hydroxyl groups is 1. The Morgan fingerprint density at radius 3 is 2.56 bits per heavy atom. The van der Waals surface area contributed by atoms with Crippen molar-refractivity contribution in [3.63, 3.8) is 0 Å². The largest absolute Gasteiger partial charge is 0.508 e. The lowest BCUT2D eigenvalue weighted by molar-refractivity contribution is -0.302. The molecule has 0 bridgehead atoms. The van der Waals surface area contributed by atoms with E-state index in [1.54, 1.807) is 12.2 Å². The number of esters is 2. The monoisotopic (exact) mass is 574 g/mol. The average Bonchev–Trinajstić information content (AvgIpc) is 3.23. The van der Waals surface area contributed by atoms with Gasteiger partial charge in [-0.2, -0.15) is 0 Å². The van der Waals surface area contributed by atoms with E-state index in [1.807, 2.05) is 0 Å². The number of hydrogen-bond donors (Lipinski definition) is 5. The highest BCUT2D eigenvalue weighted by molar-refractivity contribution is 5.91. The molecule has 5 N–H and O–H groups in total. The van der Waals surface area contributed by atoms with Crippen molar-refractivity contribution in [3.05, 3.63) is 65.3 Å². The molecule has 1 aromatic rings. The number of ether oxygens (including phenoxy) is 4. The Bertz CT molecular complexity index is 1190. The first kappa shape index (κ1) is 30.6. The standard InChI is InChI=1S/C29H34O12/c1-15-24-20(33)9-17(12-30)3-2-4-18(10-21(24)39-28(15)37)14-38-29-27(26(36)25(35)22(13-31)40-29)41-23(34)11-16-5-7-19(32)8-6-16/h3,5-8,10,12,20-22,24-27,29,31-33,35-36H,1-2,4,9,11,13-14H2/b17-3+,18-10-/t20-,21+,22+,24+,25+,26-,27+,29+/m0/s1. The highest BCUT2D eigenvalue weighted by atomic mass is 16.7. The van der Waals surface area contributed by atoms with Crippen LogP contribution in [0.1, 0.15) is 24.8 Å². The van der Waals surface area contributed by atoms with E-state index in [9.17, 15) is 39.9 Å². The van der Waals surface area contributed by atoms with Crippen molar-refractivity contribution < 1.29 is 58.9 Å². The van der Waals surface area contributed by atoms with E-state index < -0.39 is 67.4 Å². The Morgan fingerprint density at radius 1 is 1.15 bits per heavy atom. The molecule has 3 aliphatic rings.